The maximum absolute atomic E-state index is 13.2. The minimum atomic E-state index is -0.266. The van der Waals surface area contributed by atoms with E-state index in [0.717, 1.165) is 15.6 Å². The predicted octanol–water partition coefficient (Wildman–Crippen LogP) is 3.63. The number of hydrogen-bond donors (Lipinski definition) is 1. The molecule has 0 aliphatic carbocycles. The molecule has 0 saturated carbocycles. The monoisotopic (exact) mass is 363 g/mol. The molecule has 2 aromatic carbocycles. The Kier molecular flexibility index (Phi) is 4.16. The molecule has 1 heterocycles. The normalized spacial score (nSPS) is 16.0. The molecule has 2 aromatic rings. The Balaban J connectivity index is 1.59. The lowest BCUT2D eigenvalue weighted by Crippen LogP contribution is -2.34. The van der Waals surface area contributed by atoms with Gasteiger partial charge in [-0.15, -0.1) is 0 Å². The molecule has 22 heavy (non-hydrogen) atoms. The molecule has 0 saturated heterocycles. The summed E-state index contributed by atoms with van der Waals surface area (Å²) >= 11 is 3.41. The zero-order valence-electron chi connectivity index (χ0n) is 12.0. The van der Waals surface area contributed by atoms with Gasteiger partial charge in [0.1, 0.15) is 17.7 Å². The number of rotatable bonds is 3. The quantitative estimate of drug-likeness (QED) is 0.903. The van der Waals surface area contributed by atoms with Crippen molar-refractivity contribution < 1.29 is 13.9 Å². The van der Waals surface area contributed by atoms with Crippen molar-refractivity contribution in [3.05, 3.63) is 63.4 Å². The van der Waals surface area contributed by atoms with E-state index < -0.39 is 0 Å². The fourth-order valence-electron chi connectivity index (χ4n) is 2.50. The number of carbonyl (C=O) groups excluding carboxylic acids is 1. The Morgan fingerprint density at radius 3 is 2.95 bits per heavy atom. The zero-order valence-corrected chi connectivity index (χ0v) is 13.6. The molecule has 0 spiro atoms. The van der Waals surface area contributed by atoms with Crippen LogP contribution >= 0.6 is 15.9 Å². The predicted molar refractivity (Wildman–Crippen MR) is 85.7 cm³/mol. The SMILES string of the molecule is Cc1cc(C(=O)NC[C@@H]2Cc3cc(F)ccc3O2)ccc1Br. The second-order valence-corrected chi connectivity index (χ2v) is 6.22. The van der Waals surface area contributed by atoms with Crippen molar-refractivity contribution in [2.75, 3.05) is 6.54 Å². The van der Waals surface area contributed by atoms with E-state index in [4.69, 9.17) is 4.74 Å². The summed E-state index contributed by atoms with van der Waals surface area (Å²) in [6.45, 7) is 2.33. The first-order chi connectivity index (χ1) is 10.5. The van der Waals surface area contributed by atoms with Gasteiger partial charge in [-0.25, -0.2) is 4.39 Å². The van der Waals surface area contributed by atoms with Gasteiger partial charge in [0.2, 0.25) is 0 Å². The lowest BCUT2D eigenvalue weighted by Gasteiger charge is -2.12. The van der Waals surface area contributed by atoms with Crippen molar-refractivity contribution in [3.8, 4) is 5.75 Å². The van der Waals surface area contributed by atoms with Crippen LogP contribution in [0.25, 0.3) is 0 Å². The van der Waals surface area contributed by atoms with Crippen LogP contribution in [0.15, 0.2) is 40.9 Å². The molecule has 0 aromatic heterocycles. The standard InChI is InChI=1S/C17H15BrFNO2/c1-10-6-11(2-4-15(10)18)17(21)20-9-14-8-12-7-13(19)3-5-16(12)22-14/h2-7,14H,8-9H2,1H3,(H,20,21)/t14-/m0/s1. The fraction of sp³-hybridized carbons (Fsp3) is 0.235. The summed E-state index contributed by atoms with van der Waals surface area (Å²) in [6.07, 6.45) is 0.449. The van der Waals surface area contributed by atoms with Crippen LogP contribution in [0.3, 0.4) is 0 Å². The summed E-state index contributed by atoms with van der Waals surface area (Å²) < 4.78 is 19.8. The lowest BCUT2D eigenvalue weighted by atomic mass is 10.1. The smallest absolute Gasteiger partial charge is 0.251 e. The maximum atomic E-state index is 13.2. The molecule has 3 rings (SSSR count). The molecule has 3 nitrogen and oxygen atoms in total. The fourth-order valence-corrected chi connectivity index (χ4v) is 2.74. The molecular weight excluding hydrogens is 349 g/mol. The lowest BCUT2D eigenvalue weighted by molar-refractivity contribution is 0.0933. The highest BCUT2D eigenvalue weighted by Crippen LogP contribution is 2.29. The molecule has 0 fully saturated rings. The van der Waals surface area contributed by atoms with E-state index in [1.807, 2.05) is 19.1 Å². The molecule has 1 atom stereocenters. The van der Waals surface area contributed by atoms with Gasteiger partial charge >= 0.3 is 0 Å². The number of nitrogens with one attached hydrogen (secondary N) is 1. The minimum Gasteiger partial charge on any atom is -0.488 e. The molecular formula is C17H15BrFNO2. The Bertz CT molecular complexity index is 733. The van der Waals surface area contributed by atoms with Crippen LogP contribution in [0.1, 0.15) is 21.5 Å². The highest BCUT2D eigenvalue weighted by Gasteiger charge is 2.23. The third kappa shape index (κ3) is 3.14. The van der Waals surface area contributed by atoms with Crippen molar-refractivity contribution in [1.29, 1.82) is 0 Å². The van der Waals surface area contributed by atoms with Crippen LogP contribution in [0.5, 0.6) is 5.75 Å². The largest absolute Gasteiger partial charge is 0.488 e. The number of fused-ring (bicyclic) bond motifs is 1. The number of halogens is 2. The molecule has 114 valence electrons. The zero-order chi connectivity index (χ0) is 15.7. The first-order valence-corrected chi connectivity index (χ1v) is 7.81. The molecule has 1 aliphatic heterocycles. The van der Waals surface area contributed by atoms with E-state index >= 15 is 0 Å². The number of amides is 1. The van der Waals surface area contributed by atoms with E-state index in [1.165, 1.54) is 12.1 Å². The van der Waals surface area contributed by atoms with Crippen LogP contribution in [0, 0.1) is 12.7 Å². The number of aryl methyl sites for hydroxylation is 1. The van der Waals surface area contributed by atoms with Gasteiger partial charge in [-0.1, -0.05) is 15.9 Å². The molecule has 0 radical (unpaired) electrons. The van der Waals surface area contributed by atoms with E-state index in [0.29, 0.717) is 24.3 Å². The highest BCUT2D eigenvalue weighted by atomic mass is 79.9. The van der Waals surface area contributed by atoms with Crippen LogP contribution in [0.2, 0.25) is 0 Å². The second-order valence-electron chi connectivity index (χ2n) is 5.37. The van der Waals surface area contributed by atoms with Crippen LogP contribution in [-0.2, 0) is 6.42 Å². The van der Waals surface area contributed by atoms with Gasteiger partial charge in [-0.05, 0) is 48.9 Å². The third-order valence-electron chi connectivity index (χ3n) is 3.67. The number of hydrogen-bond acceptors (Lipinski definition) is 2. The third-order valence-corrected chi connectivity index (χ3v) is 4.56. The first-order valence-electron chi connectivity index (χ1n) is 7.02. The first kappa shape index (κ1) is 15.0. The second kappa shape index (κ2) is 6.08. The summed E-state index contributed by atoms with van der Waals surface area (Å²) in [5, 5.41) is 2.86. The van der Waals surface area contributed by atoms with Crippen LogP contribution in [0.4, 0.5) is 4.39 Å². The van der Waals surface area contributed by atoms with Gasteiger partial charge in [0.25, 0.3) is 5.91 Å². The summed E-state index contributed by atoms with van der Waals surface area (Å²) in [4.78, 5) is 12.1. The van der Waals surface area contributed by atoms with Gasteiger partial charge in [-0.2, -0.15) is 0 Å². The molecule has 1 N–H and O–H groups in total. The molecule has 1 amide bonds. The van der Waals surface area contributed by atoms with Crippen molar-refractivity contribution in [3.63, 3.8) is 0 Å². The van der Waals surface area contributed by atoms with Crippen molar-refractivity contribution in [2.24, 2.45) is 0 Å². The van der Waals surface area contributed by atoms with E-state index in [9.17, 15) is 9.18 Å². The van der Waals surface area contributed by atoms with Gasteiger partial charge in [0.15, 0.2) is 0 Å². The van der Waals surface area contributed by atoms with Crippen LogP contribution < -0.4 is 10.1 Å². The van der Waals surface area contributed by atoms with E-state index in [-0.39, 0.29) is 17.8 Å². The molecule has 5 heteroatoms. The molecule has 1 aliphatic rings. The summed E-state index contributed by atoms with van der Waals surface area (Å²) in [5.74, 6) is 0.291. The van der Waals surface area contributed by atoms with Gasteiger partial charge < -0.3 is 10.1 Å². The van der Waals surface area contributed by atoms with Gasteiger partial charge in [0.05, 0.1) is 6.54 Å². The van der Waals surface area contributed by atoms with Gasteiger partial charge in [0, 0.05) is 22.0 Å². The molecule has 0 unspecified atom stereocenters. The maximum Gasteiger partial charge on any atom is 0.251 e. The van der Waals surface area contributed by atoms with Crippen LogP contribution in [-0.4, -0.2) is 18.6 Å². The average Bonchev–Trinajstić information content (AvgIpc) is 2.89. The minimum absolute atomic E-state index is 0.138. The van der Waals surface area contributed by atoms with Gasteiger partial charge in [-0.3, -0.25) is 4.79 Å². The Morgan fingerprint density at radius 2 is 2.18 bits per heavy atom. The summed E-state index contributed by atoms with van der Waals surface area (Å²) in [6, 6.07) is 9.95. The number of carbonyl (C=O) groups is 1. The van der Waals surface area contributed by atoms with Crippen molar-refractivity contribution in [2.45, 2.75) is 19.4 Å². The Hall–Kier alpha value is -1.88. The van der Waals surface area contributed by atoms with Crippen molar-refractivity contribution in [1.82, 2.24) is 5.32 Å². The highest BCUT2D eigenvalue weighted by molar-refractivity contribution is 9.10. The topological polar surface area (TPSA) is 38.3 Å². The number of benzene rings is 2. The summed E-state index contributed by atoms with van der Waals surface area (Å²) in [5.41, 5.74) is 2.47. The Morgan fingerprint density at radius 1 is 1.36 bits per heavy atom. The summed E-state index contributed by atoms with van der Waals surface area (Å²) in [7, 11) is 0. The molecule has 0 bridgehead atoms. The van der Waals surface area contributed by atoms with E-state index in [2.05, 4.69) is 21.2 Å². The van der Waals surface area contributed by atoms with Crippen molar-refractivity contribution >= 4 is 21.8 Å². The average molecular weight is 364 g/mol. The Labute approximate surface area is 136 Å². The number of ether oxygens (including phenoxy) is 1. The van der Waals surface area contributed by atoms with E-state index in [1.54, 1.807) is 12.1 Å².